The van der Waals surface area contributed by atoms with Crippen molar-refractivity contribution < 1.29 is 5.11 Å². The molecule has 0 aromatic heterocycles. The average Bonchev–Trinajstić information content (AvgIpc) is 2.41. The number of nitriles is 1. The molecule has 0 atom stereocenters. The fourth-order valence-electron chi connectivity index (χ4n) is 1.60. The number of para-hydroxylation sites is 1. The first-order valence-corrected chi connectivity index (χ1v) is 6.20. The van der Waals surface area contributed by atoms with E-state index in [4.69, 9.17) is 5.26 Å². The van der Waals surface area contributed by atoms with Crippen LogP contribution in [0.2, 0.25) is 0 Å². The van der Waals surface area contributed by atoms with Gasteiger partial charge in [-0.05, 0) is 40.2 Å². The lowest BCUT2D eigenvalue weighted by Gasteiger charge is -2.09. The Kier molecular flexibility index (Phi) is 3.85. The van der Waals surface area contributed by atoms with Gasteiger partial charge in [-0.25, -0.2) is 0 Å². The van der Waals surface area contributed by atoms with E-state index in [9.17, 15) is 5.11 Å². The van der Waals surface area contributed by atoms with E-state index in [1.807, 2.05) is 24.3 Å². The Bertz CT molecular complexity index is 605. The van der Waals surface area contributed by atoms with Gasteiger partial charge in [0.2, 0.25) is 0 Å². The number of phenols is 1. The molecule has 0 fully saturated rings. The molecule has 0 heterocycles. The first kappa shape index (κ1) is 12.5. The summed E-state index contributed by atoms with van der Waals surface area (Å²) in [6, 6.07) is 14.8. The molecule has 2 rings (SSSR count). The zero-order chi connectivity index (χ0) is 13.0. The molecule has 18 heavy (non-hydrogen) atoms. The van der Waals surface area contributed by atoms with Crippen LogP contribution in [-0.2, 0) is 6.54 Å². The number of hydrogen-bond donors (Lipinski definition) is 2. The highest BCUT2D eigenvalue weighted by molar-refractivity contribution is 9.10. The Balaban J connectivity index is 2.12. The van der Waals surface area contributed by atoms with Gasteiger partial charge in [-0.2, -0.15) is 5.26 Å². The van der Waals surface area contributed by atoms with E-state index in [1.165, 1.54) is 0 Å². The van der Waals surface area contributed by atoms with Crippen molar-refractivity contribution in [3.05, 3.63) is 58.1 Å². The summed E-state index contributed by atoms with van der Waals surface area (Å²) >= 11 is 3.27. The molecule has 3 nitrogen and oxygen atoms in total. The lowest BCUT2D eigenvalue weighted by atomic mass is 10.2. The number of rotatable bonds is 3. The molecule has 0 saturated carbocycles. The third kappa shape index (κ3) is 2.82. The van der Waals surface area contributed by atoms with Crippen LogP contribution in [-0.4, -0.2) is 5.11 Å². The maximum absolute atomic E-state index is 9.84. The van der Waals surface area contributed by atoms with Crippen LogP contribution < -0.4 is 5.32 Å². The largest absolute Gasteiger partial charge is 0.506 e. The molecule has 0 amide bonds. The Morgan fingerprint density at radius 2 is 2.00 bits per heavy atom. The van der Waals surface area contributed by atoms with Crippen molar-refractivity contribution in [2.24, 2.45) is 0 Å². The summed E-state index contributed by atoms with van der Waals surface area (Å²) in [7, 11) is 0. The molecule has 4 heteroatoms. The van der Waals surface area contributed by atoms with Crippen LogP contribution in [0.4, 0.5) is 5.69 Å². The first-order chi connectivity index (χ1) is 8.70. The molecule has 90 valence electrons. The van der Waals surface area contributed by atoms with Crippen molar-refractivity contribution in [1.82, 2.24) is 0 Å². The number of benzene rings is 2. The van der Waals surface area contributed by atoms with E-state index >= 15 is 0 Å². The van der Waals surface area contributed by atoms with Gasteiger partial charge in [0.1, 0.15) is 5.75 Å². The number of halogens is 1. The molecule has 0 aliphatic carbocycles. The maximum Gasteiger partial charge on any atom is 0.134 e. The second kappa shape index (κ2) is 5.56. The number of nitrogens with one attached hydrogen (secondary N) is 1. The molecule has 0 spiro atoms. The predicted octanol–water partition coefficient (Wildman–Crippen LogP) is 3.64. The van der Waals surface area contributed by atoms with Crippen molar-refractivity contribution in [3.8, 4) is 11.8 Å². The Labute approximate surface area is 114 Å². The van der Waals surface area contributed by atoms with Gasteiger partial charge in [0, 0.05) is 17.8 Å². The standard InChI is InChI=1S/C14H11BrN2O/c15-13-6-2-4-11(14(13)18)9-17-12-5-1-3-10(7-12)8-16/h1-7,17-18H,9H2. The van der Waals surface area contributed by atoms with Crippen LogP contribution in [0.25, 0.3) is 0 Å². The summed E-state index contributed by atoms with van der Waals surface area (Å²) in [5.41, 5.74) is 2.26. The van der Waals surface area contributed by atoms with Crippen molar-refractivity contribution in [2.75, 3.05) is 5.32 Å². The molecule has 0 radical (unpaired) electrons. The van der Waals surface area contributed by atoms with Gasteiger partial charge in [-0.15, -0.1) is 0 Å². The fourth-order valence-corrected chi connectivity index (χ4v) is 2.01. The molecule has 0 aliphatic rings. The van der Waals surface area contributed by atoms with E-state index < -0.39 is 0 Å². The number of anilines is 1. The lowest BCUT2D eigenvalue weighted by Crippen LogP contribution is -2.00. The highest BCUT2D eigenvalue weighted by Gasteiger charge is 2.04. The molecular formula is C14H11BrN2O. The number of phenolic OH excluding ortho intramolecular Hbond substituents is 1. The van der Waals surface area contributed by atoms with Gasteiger partial charge in [-0.1, -0.05) is 18.2 Å². The minimum atomic E-state index is 0.237. The fraction of sp³-hybridized carbons (Fsp3) is 0.0714. The van der Waals surface area contributed by atoms with Crippen molar-refractivity contribution in [2.45, 2.75) is 6.54 Å². The maximum atomic E-state index is 9.84. The van der Waals surface area contributed by atoms with Crippen molar-refractivity contribution in [1.29, 1.82) is 5.26 Å². The van der Waals surface area contributed by atoms with Gasteiger partial charge in [0.05, 0.1) is 16.1 Å². The Hall–Kier alpha value is -1.99. The van der Waals surface area contributed by atoms with E-state index in [0.717, 1.165) is 11.3 Å². The highest BCUT2D eigenvalue weighted by atomic mass is 79.9. The third-order valence-electron chi connectivity index (χ3n) is 2.54. The summed E-state index contributed by atoms with van der Waals surface area (Å²) in [6.07, 6.45) is 0. The molecule has 2 aromatic carbocycles. The Morgan fingerprint density at radius 1 is 1.22 bits per heavy atom. The summed E-state index contributed by atoms with van der Waals surface area (Å²) in [4.78, 5) is 0. The minimum absolute atomic E-state index is 0.237. The molecule has 0 saturated heterocycles. The monoisotopic (exact) mass is 302 g/mol. The van der Waals surface area contributed by atoms with Gasteiger partial charge in [0.25, 0.3) is 0 Å². The summed E-state index contributed by atoms with van der Waals surface area (Å²) in [5.74, 6) is 0.237. The molecular weight excluding hydrogens is 292 g/mol. The summed E-state index contributed by atoms with van der Waals surface area (Å²) < 4.78 is 0.674. The van der Waals surface area contributed by atoms with Gasteiger partial charge in [0.15, 0.2) is 0 Å². The zero-order valence-electron chi connectivity index (χ0n) is 9.52. The smallest absolute Gasteiger partial charge is 0.134 e. The first-order valence-electron chi connectivity index (χ1n) is 5.41. The van der Waals surface area contributed by atoms with Crippen molar-refractivity contribution >= 4 is 21.6 Å². The molecule has 2 N–H and O–H groups in total. The normalized spacial score (nSPS) is 9.78. The number of nitrogens with zero attached hydrogens (tertiary/aromatic N) is 1. The highest BCUT2D eigenvalue weighted by Crippen LogP contribution is 2.27. The number of aromatic hydroxyl groups is 1. The van der Waals surface area contributed by atoms with Gasteiger partial charge < -0.3 is 10.4 Å². The third-order valence-corrected chi connectivity index (χ3v) is 3.18. The predicted molar refractivity (Wildman–Crippen MR) is 74.3 cm³/mol. The SMILES string of the molecule is N#Cc1cccc(NCc2cccc(Br)c2O)c1. The quantitative estimate of drug-likeness (QED) is 0.910. The van der Waals surface area contributed by atoms with E-state index in [1.54, 1.807) is 18.2 Å². The summed E-state index contributed by atoms with van der Waals surface area (Å²) in [5, 5.41) is 21.8. The van der Waals surface area contributed by atoms with Gasteiger partial charge >= 0.3 is 0 Å². The second-order valence-electron chi connectivity index (χ2n) is 3.79. The van der Waals surface area contributed by atoms with Crippen LogP contribution >= 0.6 is 15.9 Å². The van der Waals surface area contributed by atoms with Crippen LogP contribution in [0.5, 0.6) is 5.75 Å². The average molecular weight is 303 g/mol. The van der Waals surface area contributed by atoms with E-state index in [-0.39, 0.29) is 5.75 Å². The molecule has 0 unspecified atom stereocenters. The topological polar surface area (TPSA) is 56.0 Å². The minimum Gasteiger partial charge on any atom is -0.506 e. The molecule has 0 bridgehead atoms. The second-order valence-corrected chi connectivity index (χ2v) is 4.65. The van der Waals surface area contributed by atoms with Crippen LogP contribution in [0.1, 0.15) is 11.1 Å². The summed E-state index contributed by atoms with van der Waals surface area (Å²) in [6.45, 7) is 0.500. The van der Waals surface area contributed by atoms with E-state index in [2.05, 4.69) is 27.3 Å². The van der Waals surface area contributed by atoms with Crippen LogP contribution in [0, 0.1) is 11.3 Å². The molecule has 0 aliphatic heterocycles. The number of hydrogen-bond acceptors (Lipinski definition) is 3. The Morgan fingerprint density at radius 3 is 2.78 bits per heavy atom. The zero-order valence-corrected chi connectivity index (χ0v) is 11.1. The molecule has 2 aromatic rings. The van der Waals surface area contributed by atoms with Gasteiger partial charge in [-0.3, -0.25) is 0 Å². The van der Waals surface area contributed by atoms with Crippen LogP contribution in [0.3, 0.4) is 0 Å². The van der Waals surface area contributed by atoms with E-state index in [0.29, 0.717) is 16.6 Å². The van der Waals surface area contributed by atoms with Crippen LogP contribution in [0.15, 0.2) is 46.9 Å². The lowest BCUT2D eigenvalue weighted by molar-refractivity contribution is 0.465. The van der Waals surface area contributed by atoms with Crippen molar-refractivity contribution in [3.63, 3.8) is 0 Å².